The van der Waals surface area contributed by atoms with Crippen molar-refractivity contribution in [1.29, 1.82) is 5.26 Å². The van der Waals surface area contributed by atoms with Gasteiger partial charge in [0, 0.05) is 39.9 Å². The fourth-order valence-electron chi connectivity index (χ4n) is 5.30. The second kappa shape index (κ2) is 15.9. The van der Waals surface area contributed by atoms with Gasteiger partial charge in [-0.05, 0) is 45.1 Å². The SMILES string of the molecule is COCCCCOC(=O)NC(=NC(CC1CCCCC1)C(=O)NC1(C#N)CCN(C)CC1)N1CCOCC1. The van der Waals surface area contributed by atoms with Crippen molar-refractivity contribution in [2.75, 3.05) is 66.8 Å². The van der Waals surface area contributed by atoms with Crippen LogP contribution in [0.5, 0.6) is 0 Å². The van der Waals surface area contributed by atoms with Crippen molar-refractivity contribution >= 4 is 18.0 Å². The largest absolute Gasteiger partial charge is 0.449 e. The summed E-state index contributed by atoms with van der Waals surface area (Å²) in [6.07, 6.45) is 8.32. The molecular weight excluding hydrogens is 488 g/mol. The number of carbonyl (C=O) groups excluding carboxylic acids is 2. The van der Waals surface area contributed by atoms with Crippen LogP contribution in [0.15, 0.2) is 4.99 Å². The number of rotatable bonds is 10. The molecule has 0 radical (unpaired) electrons. The van der Waals surface area contributed by atoms with Gasteiger partial charge >= 0.3 is 6.09 Å². The van der Waals surface area contributed by atoms with Gasteiger partial charge in [-0.1, -0.05) is 32.1 Å². The minimum atomic E-state index is -0.891. The van der Waals surface area contributed by atoms with E-state index < -0.39 is 17.7 Å². The molecule has 0 aromatic rings. The van der Waals surface area contributed by atoms with Crippen LogP contribution in [0.4, 0.5) is 4.79 Å². The molecule has 11 nitrogen and oxygen atoms in total. The fourth-order valence-corrected chi connectivity index (χ4v) is 5.30. The molecule has 11 heteroatoms. The molecule has 0 spiro atoms. The number of likely N-dealkylation sites (tertiary alicyclic amines) is 1. The maximum atomic E-state index is 13.7. The van der Waals surface area contributed by atoms with Crippen molar-refractivity contribution in [1.82, 2.24) is 20.4 Å². The van der Waals surface area contributed by atoms with E-state index in [-0.39, 0.29) is 12.5 Å². The first-order chi connectivity index (χ1) is 18.4. The number of unbranched alkanes of at least 4 members (excludes halogenated alkanes) is 1. The van der Waals surface area contributed by atoms with E-state index in [0.717, 1.165) is 45.2 Å². The van der Waals surface area contributed by atoms with Gasteiger partial charge in [-0.15, -0.1) is 0 Å². The van der Waals surface area contributed by atoms with Gasteiger partial charge in [-0.25, -0.2) is 9.79 Å². The highest BCUT2D eigenvalue weighted by atomic mass is 16.5. The van der Waals surface area contributed by atoms with Crippen molar-refractivity contribution in [2.24, 2.45) is 10.9 Å². The highest BCUT2D eigenvalue weighted by Gasteiger charge is 2.38. The molecule has 3 rings (SSSR count). The van der Waals surface area contributed by atoms with E-state index in [4.69, 9.17) is 19.2 Å². The van der Waals surface area contributed by atoms with E-state index in [1.54, 1.807) is 7.11 Å². The minimum absolute atomic E-state index is 0.248. The topological polar surface area (TPSA) is 129 Å². The second-order valence-corrected chi connectivity index (χ2v) is 10.8. The lowest BCUT2D eigenvalue weighted by molar-refractivity contribution is -0.124. The van der Waals surface area contributed by atoms with E-state index in [0.29, 0.717) is 70.5 Å². The molecule has 3 aliphatic rings. The second-order valence-electron chi connectivity index (χ2n) is 10.8. The van der Waals surface area contributed by atoms with Crippen LogP contribution in [0.2, 0.25) is 0 Å². The van der Waals surface area contributed by atoms with Crippen LogP contribution in [0.3, 0.4) is 0 Å². The van der Waals surface area contributed by atoms with Crippen LogP contribution in [-0.4, -0.2) is 106 Å². The lowest BCUT2D eigenvalue weighted by Gasteiger charge is -2.37. The number of amides is 2. The molecule has 2 aliphatic heterocycles. The zero-order valence-corrected chi connectivity index (χ0v) is 23.2. The van der Waals surface area contributed by atoms with Crippen molar-refractivity contribution < 1.29 is 23.8 Å². The highest BCUT2D eigenvalue weighted by molar-refractivity contribution is 5.96. The lowest BCUT2D eigenvalue weighted by Crippen LogP contribution is -2.56. The normalized spacial score (nSPS) is 21.8. The Morgan fingerprint density at radius 2 is 1.79 bits per heavy atom. The minimum Gasteiger partial charge on any atom is -0.449 e. The van der Waals surface area contributed by atoms with Crippen LogP contribution < -0.4 is 10.6 Å². The molecule has 2 amide bonds. The number of hydrogen-bond acceptors (Lipinski definition) is 8. The Morgan fingerprint density at radius 1 is 1.11 bits per heavy atom. The molecule has 2 N–H and O–H groups in total. The third kappa shape index (κ3) is 9.71. The molecule has 1 aliphatic carbocycles. The first kappa shape index (κ1) is 30.1. The quantitative estimate of drug-likeness (QED) is 0.248. The number of aliphatic imine (C=N–C) groups is 1. The summed E-state index contributed by atoms with van der Waals surface area (Å²) in [4.78, 5) is 35.4. The Balaban J connectivity index is 1.77. The van der Waals surface area contributed by atoms with E-state index in [9.17, 15) is 14.9 Å². The van der Waals surface area contributed by atoms with E-state index in [1.807, 2.05) is 11.9 Å². The number of nitriles is 1. The molecule has 38 heavy (non-hydrogen) atoms. The zero-order chi connectivity index (χ0) is 27.2. The first-order valence-corrected chi connectivity index (χ1v) is 14.2. The van der Waals surface area contributed by atoms with Crippen molar-refractivity contribution in [3.8, 4) is 6.07 Å². The molecule has 0 bridgehead atoms. The Labute approximate surface area is 227 Å². The summed E-state index contributed by atoms with van der Waals surface area (Å²) in [6.45, 7) is 4.52. The van der Waals surface area contributed by atoms with Crippen LogP contribution in [0, 0.1) is 17.2 Å². The number of piperidine rings is 1. The van der Waals surface area contributed by atoms with Crippen molar-refractivity contribution in [3.05, 3.63) is 0 Å². The van der Waals surface area contributed by atoms with E-state index in [2.05, 4.69) is 21.6 Å². The summed E-state index contributed by atoms with van der Waals surface area (Å²) in [5.74, 6) is 0.472. The number of ether oxygens (including phenoxy) is 3. The molecule has 1 atom stereocenters. The maximum absolute atomic E-state index is 13.7. The average Bonchev–Trinajstić information content (AvgIpc) is 2.94. The molecule has 3 fully saturated rings. The summed E-state index contributed by atoms with van der Waals surface area (Å²) >= 11 is 0. The van der Waals surface area contributed by atoms with Crippen molar-refractivity contribution in [3.63, 3.8) is 0 Å². The third-order valence-corrected chi connectivity index (χ3v) is 7.78. The number of alkyl carbamates (subject to hydrolysis) is 1. The number of hydrogen-bond donors (Lipinski definition) is 2. The van der Waals surface area contributed by atoms with Gasteiger partial charge in [0.1, 0.15) is 11.6 Å². The first-order valence-electron chi connectivity index (χ1n) is 14.2. The summed E-state index contributed by atoms with van der Waals surface area (Å²) in [7, 11) is 3.67. The summed E-state index contributed by atoms with van der Waals surface area (Å²) in [5.41, 5.74) is -0.891. The third-order valence-electron chi connectivity index (χ3n) is 7.78. The standard InChI is InChI=1S/C27H46N6O5/c1-32-12-10-27(21-28,11-13-32)31-24(34)23(20-22-8-4-3-5-9-22)29-25(33-14-18-37-19-15-33)30-26(35)38-17-7-6-16-36-2/h22-23H,3-20H2,1-2H3,(H,31,34)(H,29,30,35). The molecule has 1 unspecified atom stereocenters. The average molecular weight is 535 g/mol. The maximum Gasteiger partial charge on any atom is 0.413 e. The number of morpholine rings is 1. The Morgan fingerprint density at radius 3 is 2.45 bits per heavy atom. The molecule has 2 heterocycles. The number of methoxy groups -OCH3 is 1. The molecule has 2 saturated heterocycles. The number of nitrogens with zero attached hydrogens (tertiary/aromatic N) is 4. The molecular formula is C27H46N6O5. The molecule has 0 aromatic heterocycles. The number of nitrogens with one attached hydrogen (secondary N) is 2. The summed E-state index contributed by atoms with van der Waals surface area (Å²) in [6, 6.07) is 1.68. The predicted molar refractivity (Wildman–Crippen MR) is 144 cm³/mol. The summed E-state index contributed by atoms with van der Waals surface area (Å²) in [5, 5.41) is 15.9. The Hall–Kier alpha value is -2.42. The van der Waals surface area contributed by atoms with Gasteiger partial charge in [0.25, 0.3) is 0 Å². The zero-order valence-electron chi connectivity index (χ0n) is 23.2. The van der Waals surface area contributed by atoms with Gasteiger partial charge in [0.2, 0.25) is 11.9 Å². The molecule has 0 aromatic carbocycles. The number of carbonyl (C=O) groups is 2. The summed E-state index contributed by atoms with van der Waals surface area (Å²) < 4.78 is 15.9. The Kier molecular flexibility index (Phi) is 12.6. The van der Waals surface area contributed by atoms with Crippen LogP contribution in [-0.2, 0) is 19.0 Å². The van der Waals surface area contributed by atoms with E-state index >= 15 is 0 Å². The van der Waals surface area contributed by atoms with Gasteiger partial charge in [-0.2, -0.15) is 5.26 Å². The number of guanidine groups is 1. The monoisotopic (exact) mass is 534 g/mol. The fraction of sp³-hybridized carbons (Fsp3) is 0.852. The van der Waals surface area contributed by atoms with Gasteiger partial charge < -0.3 is 29.3 Å². The van der Waals surface area contributed by atoms with Crippen LogP contribution >= 0.6 is 0 Å². The van der Waals surface area contributed by atoms with Gasteiger partial charge in [0.05, 0.1) is 25.9 Å². The van der Waals surface area contributed by atoms with Crippen LogP contribution in [0.1, 0.15) is 64.2 Å². The van der Waals surface area contributed by atoms with E-state index in [1.165, 1.54) is 6.42 Å². The van der Waals surface area contributed by atoms with Crippen LogP contribution in [0.25, 0.3) is 0 Å². The molecule has 1 saturated carbocycles. The van der Waals surface area contributed by atoms with Crippen molar-refractivity contribution in [2.45, 2.75) is 75.8 Å². The van der Waals surface area contributed by atoms with Gasteiger partial charge in [-0.3, -0.25) is 10.1 Å². The Bertz CT molecular complexity index is 811. The lowest BCUT2D eigenvalue weighted by atomic mass is 9.84. The predicted octanol–water partition coefficient (Wildman–Crippen LogP) is 2.27. The smallest absolute Gasteiger partial charge is 0.413 e. The molecule has 214 valence electrons. The highest BCUT2D eigenvalue weighted by Crippen LogP contribution is 2.29. The van der Waals surface area contributed by atoms with Gasteiger partial charge in [0.15, 0.2) is 0 Å².